The van der Waals surface area contributed by atoms with Crippen LogP contribution in [0.15, 0.2) is 70.5 Å². The van der Waals surface area contributed by atoms with Crippen LogP contribution in [0.5, 0.6) is 11.5 Å². The highest BCUT2D eigenvalue weighted by molar-refractivity contribution is 7.99. The summed E-state index contributed by atoms with van der Waals surface area (Å²) in [6.07, 6.45) is -2.54. The van der Waals surface area contributed by atoms with Crippen molar-refractivity contribution in [3.05, 3.63) is 82.9 Å². The van der Waals surface area contributed by atoms with Crippen LogP contribution in [0, 0.1) is 6.92 Å². The van der Waals surface area contributed by atoms with Gasteiger partial charge in [-0.2, -0.15) is 13.2 Å². The third-order valence-electron chi connectivity index (χ3n) is 4.96. The Morgan fingerprint density at radius 1 is 1.00 bits per heavy atom. The summed E-state index contributed by atoms with van der Waals surface area (Å²) in [7, 11) is 0. The van der Waals surface area contributed by atoms with E-state index in [9.17, 15) is 18.0 Å². The minimum atomic E-state index is -4.37. The van der Waals surface area contributed by atoms with Crippen molar-refractivity contribution < 1.29 is 32.5 Å². The van der Waals surface area contributed by atoms with Gasteiger partial charge in [-0.25, -0.2) is 4.79 Å². The van der Waals surface area contributed by atoms with Gasteiger partial charge < -0.3 is 14.6 Å². The molecule has 3 aromatic rings. The van der Waals surface area contributed by atoms with Gasteiger partial charge in [-0.05, 0) is 78.6 Å². The molecule has 180 valence electrons. The van der Waals surface area contributed by atoms with Gasteiger partial charge in [0.1, 0.15) is 18.1 Å². The monoisotopic (exact) mass is 490 g/mol. The Balaban J connectivity index is 1.69. The Morgan fingerprint density at radius 3 is 2.35 bits per heavy atom. The molecule has 4 nitrogen and oxygen atoms in total. The van der Waals surface area contributed by atoms with Crippen LogP contribution in [0.25, 0.3) is 0 Å². The molecule has 0 spiro atoms. The standard InChI is InChI=1S/C26H25F3O4S/c1-3-4-19-14-18(15-32-21-8-6-20(7-9-21)26(27,28)29)5-12-24(19)34-22-10-11-23(17(2)13-22)33-16-25(30)31/h5-14H,3-4,15-16H2,1-2H3,(H,30,31). The lowest BCUT2D eigenvalue weighted by Gasteiger charge is -2.14. The maximum absolute atomic E-state index is 12.7. The summed E-state index contributed by atoms with van der Waals surface area (Å²) in [5, 5.41) is 8.78. The van der Waals surface area contributed by atoms with Crippen LogP contribution in [0.3, 0.4) is 0 Å². The first-order chi connectivity index (χ1) is 16.2. The van der Waals surface area contributed by atoms with Gasteiger partial charge in [-0.1, -0.05) is 37.2 Å². The third-order valence-corrected chi connectivity index (χ3v) is 6.06. The summed E-state index contributed by atoms with van der Waals surface area (Å²) < 4.78 is 49.1. The van der Waals surface area contributed by atoms with Crippen LogP contribution >= 0.6 is 11.8 Å². The topological polar surface area (TPSA) is 55.8 Å². The number of alkyl halides is 3. The first-order valence-corrected chi connectivity index (χ1v) is 11.5. The van der Waals surface area contributed by atoms with Gasteiger partial charge in [0.25, 0.3) is 0 Å². The van der Waals surface area contributed by atoms with Crippen molar-refractivity contribution in [2.45, 2.75) is 49.3 Å². The molecule has 34 heavy (non-hydrogen) atoms. The lowest BCUT2D eigenvalue weighted by molar-refractivity contribution is -0.139. The first kappa shape index (κ1) is 25.5. The van der Waals surface area contributed by atoms with Crippen molar-refractivity contribution in [1.29, 1.82) is 0 Å². The van der Waals surface area contributed by atoms with E-state index in [0.717, 1.165) is 51.5 Å². The predicted molar refractivity (Wildman–Crippen MR) is 125 cm³/mol. The van der Waals surface area contributed by atoms with Crippen molar-refractivity contribution in [2.24, 2.45) is 0 Å². The molecule has 0 radical (unpaired) electrons. The largest absolute Gasteiger partial charge is 0.489 e. The first-order valence-electron chi connectivity index (χ1n) is 10.7. The number of carboxylic acids is 1. The van der Waals surface area contributed by atoms with Crippen molar-refractivity contribution in [1.82, 2.24) is 0 Å². The number of rotatable bonds is 10. The zero-order chi connectivity index (χ0) is 24.7. The van der Waals surface area contributed by atoms with Gasteiger partial charge in [0, 0.05) is 9.79 Å². The molecular weight excluding hydrogens is 465 g/mol. The second-order valence-electron chi connectivity index (χ2n) is 7.71. The predicted octanol–water partition coefficient (Wildman–Crippen LogP) is 7.16. The Labute approximate surface area is 200 Å². The summed E-state index contributed by atoms with van der Waals surface area (Å²) in [6, 6.07) is 16.3. The van der Waals surface area contributed by atoms with E-state index in [1.54, 1.807) is 17.8 Å². The van der Waals surface area contributed by atoms with E-state index in [2.05, 4.69) is 13.0 Å². The molecule has 3 aromatic carbocycles. The van der Waals surface area contributed by atoms with Crippen molar-refractivity contribution in [2.75, 3.05) is 6.61 Å². The fourth-order valence-electron chi connectivity index (χ4n) is 3.31. The highest BCUT2D eigenvalue weighted by atomic mass is 32.2. The average molecular weight is 491 g/mol. The van der Waals surface area contributed by atoms with Gasteiger partial charge >= 0.3 is 12.1 Å². The summed E-state index contributed by atoms with van der Waals surface area (Å²) in [4.78, 5) is 12.8. The summed E-state index contributed by atoms with van der Waals surface area (Å²) in [5.74, 6) is -0.107. The van der Waals surface area contributed by atoms with E-state index in [-0.39, 0.29) is 13.2 Å². The summed E-state index contributed by atoms with van der Waals surface area (Å²) in [6.45, 7) is 3.83. The zero-order valence-corrected chi connectivity index (χ0v) is 19.6. The van der Waals surface area contributed by atoms with Gasteiger partial charge in [0.05, 0.1) is 5.56 Å². The van der Waals surface area contributed by atoms with Crippen molar-refractivity contribution >= 4 is 17.7 Å². The highest BCUT2D eigenvalue weighted by Gasteiger charge is 2.30. The molecule has 0 aliphatic heterocycles. The van der Waals surface area contributed by atoms with Crippen LogP contribution in [0.2, 0.25) is 0 Å². The Hall–Kier alpha value is -3.13. The number of carboxylic acid groups (broad SMARTS) is 1. The molecule has 0 heterocycles. The van der Waals surface area contributed by atoms with E-state index in [1.165, 1.54) is 12.1 Å². The normalized spacial score (nSPS) is 11.3. The molecule has 0 amide bonds. The van der Waals surface area contributed by atoms with Gasteiger partial charge in [0.2, 0.25) is 0 Å². The lowest BCUT2D eigenvalue weighted by Crippen LogP contribution is -2.09. The number of aliphatic carboxylic acids is 1. The molecule has 1 N–H and O–H groups in total. The molecule has 0 unspecified atom stereocenters. The van der Waals surface area contributed by atoms with E-state index in [0.29, 0.717) is 11.5 Å². The van der Waals surface area contributed by atoms with E-state index >= 15 is 0 Å². The SMILES string of the molecule is CCCc1cc(COc2ccc(C(F)(F)F)cc2)ccc1Sc1ccc(OCC(=O)O)c(C)c1. The number of hydrogen-bond donors (Lipinski definition) is 1. The fourth-order valence-corrected chi connectivity index (χ4v) is 4.36. The molecule has 3 rings (SSSR count). The van der Waals surface area contributed by atoms with Crippen LogP contribution in [0.4, 0.5) is 13.2 Å². The molecule has 0 saturated heterocycles. The zero-order valence-electron chi connectivity index (χ0n) is 18.8. The number of hydrogen-bond acceptors (Lipinski definition) is 4. The van der Waals surface area contributed by atoms with Gasteiger partial charge in [0.15, 0.2) is 6.61 Å². The minimum absolute atomic E-state index is 0.252. The van der Waals surface area contributed by atoms with Gasteiger partial charge in [-0.3, -0.25) is 0 Å². The molecule has 0 saturated carbocycles. The molecule has 0 atom stereocenters. The number of aryl methyl sites for hydroxylation is 2. The molecule has 0 aromatic heterocycles. The van der Waals surface area contributed by atoms with Gasteiger partial charge in [-0.15, -0.1) is 0 Å². The number of ether oxygens (including phenoxy) is 2. The molecule has 0 bridgehead atoms. The van der Waals surface area contributed by atoms with Crippen LogP contribution in [-0.4, -0.2) is 17.7 Å². The van der Waals surface area contributed by atoms with E-state index < -0.39 is 17.7 Å². The van der Waals surface area contributed by atoms with Crippen LogP contribution < -0.4 is 9.47 Å². The Bertz CT molecular complexity index is 1130. The lowest BCUT2D eigenvalue weighted by atomic mass is 10.1. The maximum Gasteiger partial charge on any atom is 0.416 e. The number of benzene rings is 3. The molecule has 0 fully saturated rings. The average Bonchev–Trinajstić information content (AvgIpc) is 2.78. The molecule has 0 aliphatic carbocycles. The molecular formula is C26H25F3O4S. The molecule has 8 heteroatoms. The number of carbonyl (C=O) groups is 1. The smallest absolute Gasteiger partial charge is 0.416 e. The number of halogens is 3. The Kier molecular flexibility index (Phi) is 8.50. The summed E-state index contributed by atoms with van der Waals surface area (Å²) >= 11 is 1.61. The fraction of sp³-hybridized carbons (Fsp3) is 0.269. The maximum atomic E-state index is 12.7. The van der Waals surface area contributed by atoms with Crippen LogP contribution in [-0.2, 0) is 24.0 Å². The Morgan fingerprint density at radius 2 is 1.74 bits per heavy atom. The summed E-state index contributed by atoms with van der Waals surface area (Å²) in [5.41, 5.74) is 2.24. The van der Waals surface area contributed by atoms with E-state index in [1.807, 2.05) is 31.2 Å². The van der Waals surface area contributed by atoms with Crippen molar-refractivity contribution in [3.63, 3.8) is 0 Å². The quantitative estimate of drug-likeness (QED) is 0.327. The highest BCUT2D eigenvalue weighted by Crippen LogP contribution is 2.35. The van der Waals surface area contributed by atoms with Crippen molar-refractivity contribution in [3.8, 4) is 11.5 Å². The van der Waals surface area contributed by atoms with E-state index in [4.69, 9.17) is 14.6 Å². The third kappa shape index (κ3) is 7.18. The van der Waals surface area contributed by atoms with Crippen LogP contribution in [0.1, 0.15) is 35.6 Å². The second-order valence-corrected chi connectivity index (χ2v) is 8.83. The minimum Gasteiger partial charge on any atom is -0.489 e. The molecule has 0 aliphatic rings. The second kappa shape index (κ2) is 11.3.